The van der Waals surface area contributed by atoms with Gasteiger partial charge >= 0.3 is 0 Å². The van der Waals surface area contributed by atoms with Gasteiger partial charge in [-0.2, -0.15) is 0 Å². The lowest BCUT2D eigenvalue weighted by Gasteiger charge is -2.21. The quantitative estimate of drug-likeness (QED) is 0.540. The largest absolute Gasteiger partial charge is 0.390 e. The van der Waals surface area contributed by atoms with Crippen LogP contribution < -0.4 is 0 Å². The highest BCUT2D eigenvalue weighted by Crippen LogP contribution is 2.04. The Morgan fingerprint density at radius 1 is 1.22 bits per heavy atom. The first kappa shape index (κ1) is 9.17. The van der Waals surface area contributed by atoms with E-state index < -0.39 is 0 Å². The molecule has 0 aromatic heterocycles. The molecular weight excluding hydrogens is 142 g/mol. The lowest BCUT2D eigenvalue weighted by atomic mass is 10.5. The fraction of sp³-hybridized carbons (Fsp3) is 1.00. The van der Waals surface area contributed by atoms with E-state index in [1.807, 2.05) is 0 Å². The Bertz CT molecular complexity index is 69.4. The van der Waals surface area contributed by atoms with Crippen molar-refractivity contribution in [2.45, 2.75) is 0 Å². The minimum atomic E-state index is 0.0556. The molecule has 0 aromatic rings. The molecule has 3 nitrogen and oxygen atoms in total. The maximum atomic E-state index is 8.45. The lowest BCUT2D eigenvalue weighted by Crippen LogP contribution is -2.38. The van der Waals surface area contributed by atoms with Crippen molar-refractivity contribution < 1.29 is 14.2 Å². The second-order valence-electron chi connectivity index (χ2n) is 2.16. The highest BCUT2D eigenvalue weighted by molar-refractivity contribution is 6.06. The second kappa shape index (κ2) is 4.06. The molecule has 0 saturated heterocycles. The first-order chi connectivity index (χ1) is 4.12. The molecule has 0 amide bonds. The van der Waals surface area contributed by atoms with E-state index in [0.29, 0.717) is 13.1 Å². The van der Waals surface area contributed by atoms with Crippen LogP contribution in [-0.2, 0) is 0 Å². The van der Waals surface area contributed by atoms with Crippen LogP contribution in [-0.4, -0.2) is 47.6 Å². The summed E-state index contributed by atoms with van der Waals surface area (Å²) in [6.07, 6.45) is 0. The van der Waals surface area contributed by atoms with Crippen molar-refractivity contribution >= 4 is 11.8 Å². The number of aliphatic hydroxyl groups is 2. The Morgan fingerprint density at radius 3 is 1.78 bits per heavy atom. The predicted molar refractivity (Wildman–Crippen MR) is 35.9 cm³/mol. The first-order valence-corrected chi connectivity index (χ1v) is 3.22. The summed E-state index contributed by atoms with van der Waals surface area (Å²) in [7, 11) is 1.74. The maximum Gasteiger partial charge on any atom is 0.165 e. The molecule has 56 valence electrons. The molecule has 0 heterocycles. The van der Waals surface area contributed by atoms with Crippen molar-refractivity contribution in [3.63, 3.8) is 0 Å². The van der Waals surface area contributed by atoms with Crippen molar-refractivity contribution in [2.24, 2.45) is 0 Å². The molecule has 0 aliphatic rings. The molecule has 0 aliphatic carbocycles. The van der Waals surface area contributed by atoms with Crippen molar-refractivity contribution in [1.82, 2.24) is 0 Å². The zero-order chi connectivity index (χ0) is 7.33. The van der Waals surface area contributed by atoms with Gasteiger partial charge in [0, 0.05) is 0 Å². The molecule has 4 heteroatoms. The molecule has 0 saturated carbocycles. The van der Waals surface area contributed by atoms with Crippen LogP contribution in [0.5, 0.6) is 0 Å². The van der Waals surface area contributed by atoms with E-state index in [4.69, 9.17) is 22.0 Å². The Hall–Kier alpha value is 0.170. The Morgan fingerprint density at radius 2 is 1.56 bits per heavy atom. The number of hydrogen-bond acceptors (Lipinski definition) is 2. The summed E-state index contributed by atoms with van der Waals surface area (Å²) >= 11 is 5.75. The summed E-state index contributed by atoms with van der Waals surface area (Å²) in [5.41, 5.74) is 0. The number of likely N-dealkylation sites (N-methyl/N-ethyl adjacent to an activating group) is 1. The van der Waals surface area contributed by atoms with Crippen LogP contribution in [0.25, 0.3) is 0 Å². The number of nitrogens with zero attached hydrogens (tertiary/aromatic N) is 1. The van der Waals surface area contributed by atoms with Gasteiger partial charge in [-0.15, -0.1) is 0 Å². The maximum absolute atomic E-state index is 8.45. The molecule has 9 heavy (non-hydrogen) atoms. The molecule has 0 spiro atoms. The van der Waals surface area contributed by atoms with Gasteiger partial charge in [0.2, 0.25) is 0 Å². The standard InChI is InChI=1S/C5H13ClNO2/c1-7(6,2-4-8)3-5-9/h8-9H,2-5H2,1H3/q+1. The zero-order valence-electron chi connectivity index (χ0n) is 5.55. The van der Waals surface area contributed by atoms with Crippen LogP contribution in [0.15, 0.2) is 0 Å². The van der Waals surface area contributed by atoms with Gasteiger partial charge in [-0.1, -0.05) is 0 Å². The Labute approximate surface area is 60.2 Å². The molecule has 0 fully saturated rings. The molecule has 0 rings (SSSR count). The van der Waals surface area contributed by atoms with Crippen molar-refractivity contribution in [2.75, 3.05) is 33.4 Å². The normalized spacial score (nSPS) is 12.0. The highest BCUT2D eigenvalue weighted by Gasteiger charge is 2.16. The summed E-state index contributed by atoms with van der Waals surface area (Å²) in [4.78, 5) is 0. The van der Waals surface area contributed by atoms with E-state index in [9.17, 15) is 0 Å². The van der Waals surface area contributed by atoms with E-state index in [1.54, 1.807) is 7.05 Å². The summed E-state index contributed by atoms with van der Waals surface area (Å²) < 4.78 is 0.160. The van der Waals surface area contributed by atoms with E-state index in [0.717, 1.165) is 0 Å². The van der Waals surface area contributed by atoms with Crippen LogP contribution >= 0.6 is 11.8 Å². The molecule has 0 atom stereocenters. The predicted octanol–water partition coefficient (Wildman–Crippen LogP) is -0.429. The highest BCUT2D eigenvalue weighted by atomic mass is 35.5. The van der Waals surface area contributed by atoms with E-state index in [-0.39, 0.29) is 17.2 Å². The van der Waals surface area contributed by atoms with Gasteiger partial charge in [0.1, 0.15) is 13.1 Å². The molecule has 0 aliphatic heterocycles. The van der Waals surface area contributed by atoms with Crippen LogP contribution in [0, 0.1) is 0 Å². The van der Waals surface area contributed by atoms with Gasteiger partial charge in [0.05, 0.1) is 20.3 Å². The van der Waals surface area contributed by atoms with Crippen molar-refractivity contribution in [3.8, 4) is 0 Å². The topological polar surface area (TPSA) is 40.5 Å². The van der Waals surface area contributed by atoms with Crippen LogP contribution in [0.2, 0.25) is 0 Å². The average molecular weight is 155 g/mol. The fourth-order valence-corrected chi connectivity index (χ4v) is 0.680. The monoisotopic (exact) mass is 154 g/mol. The first-order valence-electron chi connectivity index (χ1n) is 2.88. The smallest absolute Gasteiger partial charge is 0.165 e. The van der Waals surface area contributed by atoms with E-state index >= 15 is 0 Å². The van der Waals surface area contributed by atoms with Gasteiger partial charge in [-0.25, -0.2) is 4.00 Å². The molecule has 0 radical (unpaired) electrons. The number of halogens is 1. The van der Waals surface area contributed by atoms with Gasteiger partial charge < -0.3 is 10.2 Å². The van der Waals surface area contributed by atoms with Gasteiger partial charge in [-0.3, -0.25) is 0 Å². The third-order valence-electron chi connectivity index (χ3n) is 1.13. The van der Waals surface area contributed by atoms with Crippen molar-refractivity contribution in [3.05, 3.63) is 0 Å². The van der Waals surface area contributed by atoms with E-state index in [2.05, 4.69) is 0 Å². The SMILES string of the molecule is C[N+](Cl)(CCO)CCO. The average Bonchev–Trinajstić information content (AvgIpc) is 1.64. The number of quaternary nitrogens is 1. The minimum absolute atomic E-state index is 0.0556. The fourth-order valence-electron chi connectivity index (χ4n) is 0.529. The number of hydrogen-bond donors (Lipinski definition) is 2. The van der Waals surface area contributed by atoms with Crippen LogP contribution in [0.3, 0.4) is 0 Å². The number of rotatable bonds is 4. The zero-order valence-corrected chi connectivity index (χ0v) is 6.30. The van der Waals surface area contributed by atoms with E-state index in [1.165, 1.54) is 0 Å². The summed E-state index contributed by atoms with van der Waals surface area (Å²) in [5.74, 6) is 0. The molecular formula is C5H13ClNO2+. The van der Waals surface area contributed by atoms with Crippen LogP contribution in [0.1, 0.15) is 0 Å². The third-order valence-corrected chi connectivity index (χ3v) is 1.47. The number of aliphatic hydroxyl groups excluding tert-OH is 2. The molecule has 2 N–H and O–H groups in total. The lowest BCUT2D eigenvalue weighted by molar-refractivity contribution is -0.795. The Balaban J connectivity index is 3.43. The van der Waals surface area contributed by atoms with Crippen LogP contribution in [0.4, 0.5) is 0 Å². The summed E-state index contributed by atoms with van der Waals surface area (Å²) in [6.45, 7) is 1.06. The summed E-state index contributed by atoms with van der Waals surface area (Å²) in [6, 6.07) is 0. The third kappa shape index (κ3) is 4.66. The second-order valence-corrected chi connectivity index (χ2v) is 2.97. The Kier molecular flexibility index (Phi) is 4.14. The molecule has 0 unspecified atom stereocenters. The molecule has 0 bridgehead atoms. The van der Waals surface area contributed by atoms with Gasteiger partial charge in [-0.05, 0) is 0 Å². The summed E-state index contributed by atoms with van der Waals surface area (Å²) in [5, 5.41) is 16.9. The van der Waals surface area contributed by atoms with Crippen molar-refractivity contribution in [1.29, 1.82) is 0 Å². The van der Waals surface area contributed by atoms with Gasteiger partial charge in [0.15, 0.2) is 11.8 Å². The molecule has 0 aromatic carbocycles. The minimum Gasteiger partial charge on any atom is -0.390 e. The van der Waals surface area contributed by atoms with Gasteiger partial charge in [0.25, 0.3) is 0 Å².